The van der Waals surface area contributed by atoms with Gasteiger partial charge in [-0.25, -0.2) is 4.79 Å². The molecule has 0 spiro atoms. The van der Waals surface area contributed by atoms with Crippen molar-refractivity contribution in [3.63, 3.8) is 0 Å². The summed E-state index contributed by atoms with van der Waals surface area (Å²) in [4.78, 5) is 37.8. The molecule has 8 nitrogen and oxygen atoms in total. The quantitative estimate of drug-likeness (QED) is 0.637. The highest BCUT2D eigenvalue weighted by molar-refractivity contribution is 6.02. The Morgan fingerprint density at radius 3 is 2.40 bits per heavy atom. The lowest BCUT2D eigenvalue weighted by molar-refractivity contribution is -0.149. The van der Waals surface area contributed by atoms with E-state index in [0.717, 1.165) is 6.42 Å². The molecule has 2 amide bonds. The van der Waals surface area contributed by atoms with E-state index in [1.165, 1.54) is 0 Å². The predicted octanol–water partition coefficient (Wildman–Crippen LogP) is 2.77. The summed E-state index contributed by atoms with van der Waals surface area (Å²) in [5.41, 5.74) is 1.13. The molecular weight excluding hydrogens is 388 g/mol. The summed E-state index contributed by atoms with van der Waals surface area (Å²) >= 11 is 0. The Morgan fingerprint density at radius 2 is 1.70 bits per heavy atom. The lowest BCUT2D eigenvalue weighted by atomic mass is 10.2. The number of carbonyl (C=O) groups is 3. The summed E-state index contributed by atoms with van der Waals surface area (Å²) in [6.07, 6.45) is 1.28. The Labute approximate surface area is 174 Å². The van der Waals surface area contributed by atoms with Crippen molar-refractivity contribution < 1.29 is 28.6 Å². The van der Waals surface area contributed by atoms with Gasteiger partial charge in [0.25, 0.3) is 5.91 Å². The topological polar surface area (TPSA) is 94.2 Å². The van der Waals surface area contributed by atoms with E-state index in [-0.39, 0.29) is 12.5 Å². The zero-order chi connectivity index (χ0) is 21.3. The molecule has 0 saturated carbocycles. The second-order valence-electron chi connectivity index (χ2n) is 6.54. The van der Waals surface area contributed by atoms with Gasteiger partial charge in [-0.15, -0.1) is 0 Å². The van der Waals surface area contributed by atoms with Gasteiger partial charge < -0.3 is 24.4 Å². The molecule has 0 unspecified atom stereocenters. The average molecular weight is 412 g/mol. The molecule has 1 saturated heterocycles. The lowest BCUT2D eigenvalue weighted by Crippen LogP contribution is -2.27. The number of para-hydroxylation sites is 4. The maximum atomic E-state index is 12.2. The molecule has 3 rings (SSSR count). The molecular formula is C22H24N2O6. The Bertz CT molecular complexity index is 914. The monoisotopic (exact) mass is 412 g/mol. The molecule has 1 aliphatic rings. The van der Waals surface area contributed by atoms with Crippen molar-refractivity contribution >= 4 is 29.2 Å². The second-order valence-corrected chi connectivity index (χ2v) is 6.54. The van der Waals surface area contributed by atoms with Gasteiger partial charge in [0, 0.05) is 13.0 Å². The maximum absolute atomic E-state index is 12.2. The first kappa shape index (κ1) is 21.2. The van der Waals surface area contributed by atoms with Gasteiger partial charge in [0.15, 0.2) is 24.7 Å². The van der Waals surface area contributed by atoms with Crippen molar-refractivity contribution in [2.24, 2.45) is 0 Å². The van der Waals surface area contributed by atoms with Gasteiger partial charge >= 0.3 is 5.97 Å². The Morgan fingerprint density at radius 1 is 1.00 bits per heavy atom. The van der Waals surface area contributed by atoms with E-state index in [2.05, 4.69) is 5.32 Å². The molecule has 0 aliphatic carbocycles. The van der Waals surface area contributed by atoms with Crippen LogP contribution >= 0.6 is 0 Å². The van der Waals surface area contributed by atoms with Crippen LogP contribution in [-0.2, 0) is 19.1 Å². The van der Waals surface area contributed by atoms with Gasteiger partial charge in [0.1, 0.15) is 0 Å². The Balaban J connectivity index is 1.50. The average Bonchev–Trinajstić information content (AvgIpc) is 3.18. The van der Waals surface area contributed by atoms with Crippen molar-refractivity contribution in [1.29, 1.82) is 0 Å². The molecule has 30 heavy (non-hydrogen) atoms. The predicted molar refractivity (Wildman–Crippen MR) is 111 cm³/mol. The number of hydrogen-bond acceptors (Lipinski definition) is 6. The van der Waals surface area contributed by atoms with Crippen molar-refractivity contribution in [3.8, 4) is 11.5 Å². The summed E-state index contributed by atoms with van der Waals surface area (Å²) in [5.74, 6) is -0.215. The lowest BCUT2D eigenvalue weighted by Gasteiger charge is -2.19. The van der Waals surface area contributed by atoms with E-state index in [1.807, 2.05) is 6.92 Å². The molecule has 8 heteroatoms. The van der Waals surface area contributed by atoms with Crippen LogP contribution in [0.3, 0.4) is 0 Å². The fourth-order valence-electron chi connectivity index (χ4n) is 3.07. The molecule has 0 radical (unpaired) electrons. The van der Waals surface area contributed by atoms with Gasteiger partial charge in [0.2, 0.25) is 5.91 Å². The number of rotatable bonds is 9. The number of carbonyl (C=O) groups excluding carboxylic acids is 3. The third-order valence-corrected chi connectivity index (χ3v) is 4.40. The molecule has 1 N–H and O–H groups in total. The van der Waals surface area contributed by atoms with E-state index >= 15 is 0 Å². The molecule has 1 heterocycles. The number of hydrogen-bond donors (Lipinski definition) is 1. The third-order valence-electron chi connectivity index (χ3n) is 4.40. The van der Waals surface area contributed by atoms with Crippen molar-refractivity contribution in [3.05, 3.63) is 48.5 Å². The minimum Gasteiger partial charge on any atom is -0.490 e. The van der Waals surface area contributed by atoms with Crippen LogP contribution in [-0.4, -0.2) is 44.1 Å². The molecule has 0 atom stereocenters. The first-order valence-electron chi connectivity index (χ1n) is 9.78. The van der Waals surface area contributed by atoms with Crippen LogP contribution in [0.1, 0.15) is 19.8 Å². The molecule has 2 aromatic rings. The van der Waals surface area contributed by atoms with Crippen LogP contribution in [0.4, 0.5) is 11.4 Å². The molecule has 1 fully saturated rings. The molecule has 0 bridgehead atoms. The number of esters is 1. The van der Waals surface area contributed by atoms with E-state index in [9.17, 15) is 14.4 Å². The first-order chi connectivity index (χ1) is 14.6. The summed E-state index contributed by atoms with van der Waals surface area (Å²) in [6, 6.07) is 14.0. The van der Waals surface area contributed by atoms with Crippen LogP contribution in [0.5, 0.6) is 11.5 Å². The first-order valence-corrected chi connectivity index (χ1v) is 9.78. The normalized spacial score (nSPS) is 13.1. The summed E-state index contributed by atoms with van der Waals surface area (Å²) in [6.45, 7) is 2.12. The molecule has 2 aromatic carbocycles. The largest absolute Gasteiger partial charge is 0.490 e. The Hall–Kier alpha value is -3.55. The fraction of sp³-hybridized carbons (Fsp3) is 0.318. The number of nitrogens with one attached hydrogen (secondary N) is 1. The van der Waals surface area contributed by atoms with E-state index < -0.39 is 18.5 Å². The molecule has 0 aromatic heterocycles. The highest BCUT2D eigenvalue weighted by Crippen LogP contribution is 2.29. The SMILES string of the molecule is CCOc1ccccc1OCC(=O)OCC(=O)Nc1ccccc1N1CCCC1=O. The zero-order valence-corrected chi connectivity index (χ0v) is 16.8. The van der Waals surface area contributed by atoms with Gasteiger partial charge in [0.05, 0.1) is 18.0 Å². The van der Waals surface area contributed by atoms with Gasteiger partial charge in [-0.05, 0) is 37.6 Å². The fourth-order valence-corrected chi connectivity index (χ4v) is 3.07. The van der Waals surface area contributed by atoms with Crippen molar-refractivity contribution in [2.75, 3.05) is 36.6 Å². The minimum absolute atomic E-state index is 0.0209. The van der Waals surface area contributed by atoms with Crippen LogP contribution in [0, 0.1) is 0 Å². The summed E-state index contributed by atoms with van der Waals surface area (Å²) < 4.78 is 15.8. The standard InChI is InChI=1S/C22H24N2O6/c1-2-28-18-10-5-6-11-19(18)29-15-22(27)30-14-20(25)23-16-8-3-4-9-17(16)24-13-7-12-21(24)26/h3-6,8-11H,2,7,12-15H2,1H3,(H,23,25). The van der Waals surface area contributed by atoms with E-state index in [1.54, 1.807) is 53.4 Å². The zero-order valence-electron chi connectivity index (χ0n) is 16.8. The van der Waals surface area contributed by atoms with Crippen LogP contribution in [0.15, 0.2) is 48.5 Å². The van der Waals surface area contributed by atoms with Crippen molar-refractivity contribution in [2.45, 2.75) is 19.8 Å². The maximum Gasteiger partial charge on any atom is 0.344 e. The number of benzene rings is 2. The number of ether oxygens (including phenoxy) is 3. The van der Waals surface area contributed by atoms with Gasteiger partial charge in [-0.3, -0.25) is 9.59 Å². The number of amides is 2. The number of anilines is 2. The van der Waals surface area contributed by atoms with E-state index in [0.29, 0.717) is 42.4 Å². The highest BCUT2D eigenvalue weighted by Gasteiger charge is 2.24. The van der Waals surface area contributed by atoms with Crippen molar-refractivity contribution in [1.82, 2.24) is 0 Å². The minimum atomic E-state index is -0.681. The third kappa shape index (κ3) is 5.50. The summed E-state index contributed by atoms with van der Waals surface area (Å²) in [7, 11) is 0. The van der Waals surface area contributed by atoms with Crippen LogP contribution in [0.25, 0.3) is 0 Å². The summed E-state index contributed by atoms with van der Waals surface area (Å²) in [5, 5.41) is 2.69. The van der Waals surface area contributed by atoms with Gasteiger partial charge in [-0.2, -0.15) is 0 Å². The number of nitrogens with zero attached hydrogens (tertiary/aromatic N) is 1. The van der Waals surface area contributed by atoms with Crippen LogP contribution < -0.4 is 19.7 Å². The van der Waals surface area contributed by atoms with Crippen LogP contribution in [0.2, 0.25) is 0 Å². The smallest absolute Gasteiger partial charge is 0.344 e. The second kappa shape index (κ2) is 10.3. The van der Waals surface area contributed by atoms with Gasteiger partial charge in [-0.1, -0.05) is 24.3 Å². The molecule has 1 aliphatic heterocycles. The molecule has 158 valence electrons. The highest BCUT2D eigenvalue weighted by atomic mass is 16.6. The Kier molecular flexibility index (Phi) is 7.26. The van der Waals surface area contributed by atoms with E-state index in [4.69, 9.17) is 14.2 Å².